The number of hydrogen-bond donors (Lipinski definition) is 1. The van der Waals surface area contributed by atoms with Crippen molar-refractivity contribution >= 4 is 28.2 Å². The lowest BCUT2D eigenvalue weighted by molar-refractivity contribution is 0.767. The van der Waals surface area contributed by atoms with Gasteiger partial charge >= 0.3 is 0 Å². The van der Waals surface area contributed by atoms with Crippen LogP contribution in [-0.2, 0) is 0 Å². The van der Waals surface area contributed by atoms with E-state index in [1.54, 1.807) is 11.3 Å². The van der Waals surface area contributed by atoms with Crippen LogP contribution in [0.2, 0.25) is 0 Å². The van der Waals surface area contributed by atoms with E-state index in [0.717, 1.165) is 10.1 Å². The van der Waals surface area contributed by atoms with Crippen molar-refractivity contribution in [3.8, 4) is 0 Å². The van der Waals surface area contributed by atoms with Crippen molar-refractivity contribution in [1.29, 1.82) is 0 Å². The van der Waals surface area contributed by atoms with Gasteiger partial charge in [-0.2, -0.15) is 11.8 Å². The molecular weight excluding hydrogens is 214 g/mol. The van der Waals surface area contributed by atoms with Crippen LogP contribution in [-0.4, -0.2) is 27.7 Å². The third-order valence-corrected chi connectivity index (χ3v) is 3.50. The molecule has 1 aromatic heterocycles. The SMILES string of the molecule is CCSCCC(C)Nc1nnc(C)s1. The molecule has 1 heterocycles. The van der Waals surface area contributed by atoms with E-state index in [-0.39, 0.29) is 0 Å². The smallest absolute Gasteiger partial charge is 0.205 e. The van der Waals surface area contributed by atoms with Crippen molar-refractivity contribution in [3.63, 3.8) is 0 Å². The molecule has 80 valence electrons. The first-order valence-electron chi connectivity index (χ1n) is 4.86. The normalized spacial score (nSPS) is 12.8. The number of nitrogens with one attached hydrogen (secondary N) is 1. The molecule has 0 aliphatic rings. The Bertz CT molecular complexity index is 262. The monoisotopic (exact) mass is 231 g/mol. The molecular formula is C9H17N3S2. The number of anilines is 1. The maximum absolute atomic E-state index is 4.03. The van der Waals surface area contributed by atoms with Gasteiger partial charge in [0, 0.05) is 6.04 Å². The summed E-state index contributed by atoms with van der Waals surface area (Å²) >= 11 is 3.59. The molecule has 1 unspecified atom stereocenters. The lowest BCUT2D eigenvalue weighted by atomic mass is 10.3. The second kappa shape index (κ2) is 6.24. The topological polar surface area (TPSA) is 37.8 Å². The molecule has 1 N–H and O–H groups in total. The second-order valence-electron chi connectivity index (χ2n) is 3.16. The van der Waals surface area contributed by atoms with Crippen molar-refractivity contribution in [2.24, 2.45) is 0 Å². The summed E-state index contributed by atoms with van der Waals surface area (Å²) in [5.74, 6) is 2.41. The summed E-state index contributed by atoms with van der Waals surface area (Å²) in [6.45, 7) is 6.35. The van der Waals surface area contributed by atoms with Crippen LogP contribution in [0.4, 0.5) is 5.13 Å². The van der Waals surface area contributed by atoms with Gasteiger partial charge < -0.3 is 5.32 Å². The predicted molar refractivity (Wildman–Crippen MR) is 65.3 cm³/mol. The molecule has 0 aromatic carbocycles. The first kappa shape index (κ1) is 11.8. The van der Waals surface area contributed by atoms with E-state index in [2.05, 4.69) is 29.4 Å². The quantitative estimate of drug-likeness (QED) is 0.764. The van der Waals surface area contributed by atoms with E-state index in [0.29, 0.717) is 6.04 Å². The summed E-state index contributed by atoms with van der Waals surface area (Å²) in [5, 5.41) is 13.3. The predicted octanol–water partition coefficient (Wildman–Crippen LogP) is 2.79. The van der Waals surface area contributed by atoms with E-state index in [9.17, 15) is 0 Å². The molecule has 0 radical (unpaired) electrons. The van der Waals surface area contributed by atoms with E-state index in [1.807, 2.05) is 18.7 Å². The summed E-state index contributed by atoms with van der Waals surface area (Å²) < 4.78 is 0. The van der Waals surface area contributed by atoms with Gasteiger partial charge in [0.1, 0.15) is 5.01 Å². The summed E-state index contributed by atoms with van der Waals surface area (Å²) in [7, 11) is 0. The lowest BCUT2D eigenvalue weighted by Gasteiger charge is -2.11. The number of rotatable bonds is 6. The van der Waals surface area contributed by atoms with Crippen molar-refractivity contribution in [3.05, 3.63) is 5.01 Å². The lowest BCUT2D eigenvalue weighted by Crippen LogP contribution is -2.15. The van der Waals surface area contributed by atoms with Gasteiger partial charge in [-0.3, -0.25) is 0 Å². The zero-order valence-corrected chi connectivity index (χ0v) is 10.5. The van der Waals surface area contributed by atoms with Gasteiger partial charge in [0.2, 0.25) is 5.13 Å². The number of thioether (sulfide) groups is 1. The molecule has 0 aliphatic carbocycles. The largest absolute Gasteiger partial charge is 0.358 e. The highest BCUT2D eigenvalue weighted by Gasteiger charge is 2.04. The van der Waals surface area contributed by atoms with E-state index in [4.69, 9.17) is 0 Å². The van der Waals surface area contributed by atoms with Crippen LogP contribution in [0.15, 0.2) is 0 Å². The van der Waals surface area contributed by atoms with Gasteiger partial charge in [-0.15, -0.1) is 10.2 Å². The Morgan fingerprint density at radius 3 is 2.86 bits per heavy atom. The minimum absolute atomic E-state index is 0.487. The van der Waals surface area contributed by atoms with E-state index >= 15 is 0 Å². The third kappa shape index (κ3) is 4.28. The van der Waals surface area contributed by atoms with E-state index in [1.165, 1.54) is 17.9 Å². The fraction of sp³-hybridized carbons (Fsp3) is 0.778. The van der Waals surface area contributed by atoms with Crippen molar-refractivity contribution in [2.45, 2.75) is 33.2 Å². The maximum atomic E-state index is 4.03. The Labute approximate surface area is 93.7 Å². The summed E-state index contributed by atoms with van der Waals surface area (Å²) in [4.78, 5) is 0. The molecule has 0 bridgehead atoms. The maximum Gasteiger partial charge on any atom is 0.205 e. The second-order valence-corrected chi connectivity index (χ2v) is 5.73. The third-order valence-electron chi connectivity index (χ3n) is 1.80. The first-order chi connectivity index (χ1) is 6.72. The molecule has 0 aliphatic heterocycles. The molecule has 14 heavy (non-hydrogen) atoms. The van der Waals surface area contributed by atoms with Crippen molar-refractivity contribution in [2.75, 3.05) is 16.8 Å². The Balaban J connectivity index is 2.23. The zero-order chi connectivity index (χ0) is 10.4. The van der Waals surface area contributed by atoms with Crippen LogP contribution < -0.4 is 5.32 Å². The fourth-order valence-electron chi connectivity index (χ4n) is 1.04. The number of hydrogen-bond acceptors (Lipinski definition) is 5. The minimum Gasteiger partial charge on any atom is -0.358 e. The highest BCUT2D eigenvalue weighted by atomic mass is 32.2. The Morgan fingerprint density at radius 2 is 2.29 bits per heavy atom. The Kier molecular flexibility index (Phi) is 5.25. The summed E-state index contributed by atoms with van der Waals surface area (Å²) in [6, 6.07) is 0.487. The van der Waals surface area contributed by atoms with Crippen LogP contribution in [0.25, 0.3) is 0 Å². The first-order valence-corrected chi connectivity index (χ1v) is 6.84. The minimum atomic E-state index is 0.487. The highest BCUT2D eigenvalue weighted by Crippen LogP contribution is 2.16. The van der Waals surface area contributed by atoms with Crippen LogP contribution in [0, 0.1) is 6.92 Å². The molecule has 0 fully saturated rings. The number of aromatic nitrogens is 2. The van der Waals surface area contributed by atoms with Gasteiger partial charge in [0.05, 0.1) is 0 Å². The average Bonchev–Trinajstić information content (AvgIpc) is 2.52. The van der Waals surface area contributed by atoms with Gasteiger partial charge in [-0.25, -0.2) is 0 Å². The Morgan fingerprint density at radius 1 is 1.50 bits per heavy atom. The molecule has 1 atom stereocenters. The van der Waals surface area contributed by atoms with Gasteiger partial charge in [-0.05, 0) is 31.8 Å². The molecule has 1 rings (SSSR count). The summed E-state index contributed by atoms with van der Waals surface area (Å²) in [6.07, 6.45) is 1.18. The zero-order valence-electron chi connectivity index (χ0n) is 8.91. The molecule has 3 nitrogen and oxygen atoms in total. The van der Waals surface area contributed by atoms with Crippen LogP contribution in [0.3, 0.4) is 0 Å². The highest BCUT2D eigenvalue weighted by molar-refractivity contribution is 7.99. The Hall–Kier alpha value is -0.290. The van der Waals surface area contributed by atoms with Crippen LogP contribution in [0.5, 0.6) is 0 Å². The van der Waals surface area contributed by atoms with Crippen LogP contribution >= 0.6 is 23.1 Å². The number of nitrogens with zero attached hydrogens (tertiary/aromatic N) is 2. The van der Waals surface area contributed by atoms with Gasteiger partial charge in [-0.1, -0.05) is 18.3 Å². The van der Waals surface area contributed by atoms with E-state index < -0.39 is 0 Å². The van der Waals surface area contributed by atoms with Gasteiger partial charge in [0.25, 0.3) is 0 Å². The molecule has 0 spiro atoms. The fourth-order valence-corrected chi connectivity index (χ4v) is 2.55. The molecule has 0 saturated heterocycles. The van der Waals surface area contributed by atoms with Gasteiger partial charge in [0.15, 0.2) is 0 Å². The number of aryl methyl sites for hydroxylation is 1. The standard InChI is InChI=1S/C9H17N3S2/c1-4-13-6-5-7(2)10-9-12-11-8(3)14-9/h7H,4-6H2,1-3H3,(H,10,12). The molecule has 0 amide bonds. The molecule has 0 saturated carbocycles. The van der Waals surface area contributed by atoms with Crippen molar-refractivity contribution in [1.82, 2.24) is 10.2 Å². The van der Waals surface area contributed by atoms with Crippen molar-refractivity contribution < 1.29 is 0 Å². The van der Waals surface area contributed by atoms with Crippen LogP contribution in [0.1, 0.15) is 25.3 Å². The summed E-state index contributed by atoms with van der Waals surface area (Å²) in [5.41, 5.74) is 0. The average molecular weight is 231 g/mol. The molecule has 5 heteroatoms. The molecule has 1 aromatic rings.